The van der Waals surface area contributed by atoms with E-state index in [0.29, 0.717) is 18.4 Å². The number of rotatable bonds is 4. The number of hydrogen-bond donors (Lipinski definition) is 0. The van der Waals surface area contributed by atoms with E-state index in [1.165, 1.54) is 0 Å². The Labute approximate surface area is 120 Å². The van der Waals surface area contributed by atoms with Gasteiger partial charge in [-0.15, -0.1) is 0 Å². The van der Waals surface area contributed by atoms with E-state index in [1.54, 1.807) is 18.3 Å². The Kier molecular flexibility index (Phi) is 4.64. The first-order chi connectivity index (χ1) is 9.24. The van der Waals surface area contributed by atoms with Gasteiger partial charge in [-0.25, -0.2) is 0 Å². The highest BCUT2D eigenvalue weighted by Crippen LogP contribution is 2.25. The van der Waals surface area contributed by atoms with Crippen molar-refractivity contribution < 1.29 is 4.39 Å². The second kappa shape index (κ2) is 6.44. The second-order valence-corrected chi connectivity index (χ2v) is 5.06. The van der Waals surface area contributed by atoms with Crippen molar-refractivity contribution in [2.24, 2.45) is 0 Å². The van der Waals surface area contributed by atoms with Crippen LogP contribution in [0.25, 0.3) is 11.3 Å². The molecule has 1 aromatic carbocycles. The Morgan fingerprint density at radius 1 is 1.26 bits per heavy atom. The maximum atomic E-state index is 12.3. The zero-order valence-electron chi connectivity index (χ0n) is 10.2. The third kappa shape index (κ3) is 3.39. The minimum atomic E-state index is -0.334. The summed E-state index contributed by atoms with van der Waals surface area (Å²) in [6, 6.07) is 11.3. The van der Waals surface area contributed by atoms with Gasteiger partial charge in [-0.2, -0.15) is 5.26 Å². The summed E-state index contributed by atoms with van der Waals surface area (Å²) in [4.78, 5) is 4.40. The Morgan fingerprint density at radius 3 is 2.63 bits per heavy atom. The number of halogens is 2. The molecule has 0 radical (unpaired) electrons. The Bertz CT molecular complexity index is 603. The lowest BCUT2D eigenvalue weighted by Gasteiger charge is -2.09. The lowest BCUT2D eigenvalue weighted by atomic mass is 10.0. The van der Waals surface area contributed by atoms with Crippen LogP contribution in [0.3, 0.4) is 0 Å². The van der Waals surface area contributed by atoms with Gasteiger partial charge in [0, 0.05) is 16.2 Å². The zero-order chi connectivity index (χ0) is 13.7. The summed E-state index contributed by atoms with van der Waals surface area (Å²) in [5.41, 5.74) is 3.42. The molecule has 0 aliphatic carbocycles. The van der Waals surface area contributed by atoms with E-state index >= 15 is 0 Å². The van der Waals surface area contributed by atoms with Crippen LogP contribution < -0.4 is 0 Å². The van der Waals surface area contributed by atoms with E-state index in [2.05, 4.69) is 27.0 Å². The molecule has 0 aliphatic rings. The molecular weight excluding hydrogens is 307 g/mol. The molecule has 0 saturated carbocycles. The van der Waals surface area contributed by atoms with Crippen molar-refractivity contribution in [1.29, 1.82) is 5.26 Å². The Balaban J connectivity index is 2.39. The number of alkyl halides is 1. The number of aryl methyl sites for hydroxylation is 1. The van der Waals surface area contributed by atoms with E-state index in [9.17, 15) is 4.39 Å². The predicted octanol–water partition coefficient (Wildman–Crippen LogP) is 4.28. The number of nitriles is 1. The number of pyridine rings is 1. The molecule has 2 rings (SSSR count). The number of hydrogen-bond acceptors (Lipinski definition) is 2. The van der Waals surface area contributed by atoms with Crippen LogP contribution in [-0.4, -0.2) is 11.7 Å². The van der Waals surface area contributed by atoms with Crippen LogP contribution in [0.5, 0.6) is 0 Å². The van der Waals surface area contributed by atoms with Gasteiger partial charge in [0.25, 0.3) is 0 Å². The molecular formula is C15H12BrFN2. The van der Waals surface area contributed by atoms with Gasteiger partial charge in [-0.05, 0) is 52.5 Å². The number of benzene rings is 1. The quantitative estimate of drug-likeness (QED) is 0.843. The van der Waals surface area contributed by atoms with E-state index in [4.69, 9.17) is 5.26 Å². The molecule has 2 aromatic rings. The first-order valence-electron chi connectivity index (χ1n) is 5.95. The van der Waals surface area contributed by atoms with E-state index < -0.39 is 0 Å². The van der Waals surface area contributed by atoms with Crippen molar-refractivity contribution in [1.82, 2.24) is 4.98 Å². The van der Waals surface area contributed by atoms with Crippen LogP contribution in [0.1, 0.15) is 17.5 Å². The highest BCUT2D eigenvalue weighted by Gasteiger charge is 2.08. The molecule has 4 heteroatoms. The zero-order valence-corrected chi connectivity index (χ0v) is 11.8. The molecule has 96 valence electrons. The van der Waals surface area contributed by atoms with Gasteiger partial charge in [0.1, 0.15) is 0 Å². The van der Waals surface area contributed by atoms with Gasteiger partial charge in [0.15, 0.2) is 0 Å². The molecule has 1 aromatic heterocycles. The summed E-state index contributed by atoms with van der Waals surface area (Å²) in [6.07, 6.45) is 2.87. The number of aromatic nitrogens is 1. The third-order valence-corrected chi connectivity index (χ3v) is 3.23. The summed E-state index contributed by atoms with van der Waals surface area (Å²) in [7, 11) is 0. The second-order valence-electron chi connectivity index (χ2n) is 4.14. The Hall–Kier alpha value is -1.73. The largest absolute Gasteiger partial charge is 0.255 e. The molecule has 0 fully saturated rings. The van der Waals surface area contributed by atoms with Crippen molar-refractivity contribution in [3.8, 4) is 17.3 Å². The fourth-order valence-corrected chi connectivity index (χ4v) is 2.27. The molecule has 0 atom stereocenters. The highest BCUT2D eigenvalue weighted by atomic mass is 79.9. The standard InChI is InChI=1S/C15H12BrFN2/c16-14-8-13(2-1-7-17)15(19-10-14)12-5-3-11(9-18)4-6-12/h3-6,8,10H,1-2,7H2. The average Bonchev–Trinajstić information content (AvgIpc) is 2.45. The SMILES string of the molecule is N#Cc1ccc(-c2ncc(Br)cc2CCCF)cc1. The summed E-state index contributed by atoms with van der Waals surface area (Å²) in [5, 5.41) is 8.79. The van der Waals surface area contributed by atoms with Crippen molar-refractivity contribution in [3.05, 3.63) is 52.1 Å². The van der Waals surface area contributed by atoms with Crippen molar-refractivity contribution in [2.45, 2.75) is 12.8 Å². The van der Waals surface area contributed by atoms with Gasteiger partial charge in [0.05, 0.1) is 24.0 Å². The molecule has 1 heterocycles. The molecule has 0 bridgehead atoms. The van der Waals surface area contributed by atoms with Gasteiger partial charge in [-0.3, -0.25) is 9.37 Å². The molecule has 0 N–H and O–H groups in total. The predicted molar refractivity (Wildman–Crippen MR) is 76.4 cm³/mol. The van der Waals surface area contributed by atoms with Gasteiger partial charge < -0.3 is 0 Å². The van der Waals surface area contributed by atoms with Gasteiger partial charge in [0.2, 0.25) is 0 Å². The van der Waals surface area contributed by atoms with E-state index in [-0.39, 0.29) is 6.67 Å². The summed E-state index contributed by atoms with van der Waals surface area (Å²) >= 11 is 3.38. The smallest absolute Gasteiger partial charge is 0.0991 e. The minimum Gasteiger partial charge on any atom is -0.255 e. The molecule has 0 amide bonds. The van der Waals surface area contributed by atoms with E-state index in [1.807, 2.05) is 18.2 Å². The third-order valence-electron chi connectivity index (χ3n) is 2.80. The maximum Gasteiger partial charge on any atom is 0.0991 e. The Morgan fingerprint density at radius 2 is 2.00 bits per heavy atom. The van der Waals surface area contributed by atoms with Crippen LogP contribution in [-0.2, 0) is 6.42 Å². The average molecular weight is 319 g/mol. The van der Waals surface area contributed by atoms with Crippen LogP contribution >= 0.6 is 15.9 Å². The fourth-order valence-electron chi connectivity index (χ4n) is 1.89. The number of nitrogens with zero attached hydrogens (tertiary/aromatic N) is 2. The van der Waals surface area contributed by atoms with Crippen LogP contribution in [0, 0.1) is 11.3 Å². The summed E-state index contributed by atoms with van der Waals surface area (Å²) in [6.45, 7) is -0.334. The first kappa shape index (κ1) is 13.7. The molecule has 0 unspecified atom stereocenters. The van der Waals surface area contributed by atoms with E-state index in [0.717, 1.165) is 21.3 Å². The fraction of sp³-hybridized carbons (Fsp3) is 0.200. The molecule has 0 spiro atoms. The molecule has 0 saturated heterocycles. The molecule has 19 heavy (non-hydrogen) atoms. The summed E-state index contributed by atoms with van der Waals surface area (Å²) < 4.78 is 13.2. The summed E-state index contributed by atoms with van der Waals surface area (Å²) in [5.74, 6) is 0. The lowest BCUT2D eigenvalue weighted by Crippen LogP contribution is -1.95. The van der Waals surface area contributed by atoms with Crippen LogP contribution in [0.4, 0.5) is 4.39 Å². The van der Waals surface area contributed by atoms with Gasteiger partial charge >= 0.3 is 0 Å². The topological polar surface area (TPSA) is 36.7 Å². The van der Waals surface area contributed by atoms with Crippen LogP contribution in [0.2, 0.25) is 0 Å². The van der Waals surface area contributed by atoms with Crippen molar-refractivity contribution in [2.75, 3.05) is 6.67 Å². The lowest BCUT2D eigenvalue weighted by molar-refractivity contribution is 0.473. The van der Waals surface area contributed by atoms with Gasteiger partial charge in [-0.1, -0.05) is 12.1 Å². The van der Waals surface area contributed by atoms with Crippen molar-refractivity contribution in [3.63, 3.8) is 0 Å². The minimum absolute atomic E-state index is 0.334. The van der Waals surface area contributed by atoms with Crippen LogP contribution in [0.15, 0.2) is 41.0 Å². The van der Waals surface area contributed by atoms with Crippen molar-refractivity contribution >= 4 is 15.9 Å². The maximum absolute atomic E-state index is 12.3. The molecule has 0 aliphatic heterocycles. The normalized spacial score (nSPS) is 10.2. The highest BCUT2D eigenvalue weighted by molar-refractivity contribution is 9.10. The monoisotopic (exact) mass is 318 g/mol. The first-order valence-corrected chi connectivity index (χ1v) is 6.75. The molecule has 2 nitrogen and oxygen atoms in total.